The maximum atomic E-state index is 12.0. The van der Waals surface area contributed by atoms with Crippen LogP contribution >= 0.6 is 0 Å². The molecule has 2 amide bonds. The summed E-state index contributed by atoms with van der Waals surface area (Å²) in [5.41, 5.74) is 0.420. The van der Waals surface area contributed by atoms with Gasteiger partial charge < -0.3 is 10.4 Å². The molecule has 0 aliphatic heterocycles. The molecule has 0 saturated carbocycles. The maximum Gasteiger partial charge on any atom is 0.390 e. The summed E-state index contributed by atoms with van der Waals surface area (Å²) < 4.78 is 36.1. The number of anilines is 1. The van der Waals surface area contributed by atoms with Crippen molar-refractivity contribution in [3.05, 3.63) is 30.3 Å². The lowest BCUT2D eigenvalue weighted by Gasteiger charge is -2.22. The number of nitrogens with one attached hydrogen (secondary N) is 1. The van der Waals surface area contributed by atoms with E-state index in [-0.39, 0.29) is 13.0 Å². The third-order valence-corrected chi connectivity index (χ3v) is 2.55. The van der Waals surface area contributed by atoms with Crippen LogP contribution < -0.4 is 10.2 Å². The number of alkyl halides is 3. The molecule has 21 heavy (non-hydrogen) atoms. The Morgan fingerprint density at radius 3 is 2.33 bits per heavy atom. The Balaban J connectivity index is 2.67. The summed E-state index contributed by atoms with van der Waals surface area (Å²) in [4.78, 5) is 23.6. The van der Waals surface area contributed by atoms with E-state index in [0.29, 0.717) is 5.69 Å². The number of amides is 2. The van der Waals surface area contributed by atoms with E-state index < -0.39 is 31.1 Å². The van der Waals surface area contributed by atoms with Gasteiger partial charge in [-0.15, -0.1) is 0 Å². The first-order valence-corrected chi connectivity index (χ1v) is 6.18. The Labute approximate surface area is 119 Å². The van der Waals surface area contributed by atoms with Gasteiger partial charge in [0.1, 0.15) is 0 Å². The molecule has 0 heterocycles. The number of hydrogen-bond donors (Lipinski definition) is 2. The largest absolute Gasteiger partial charge is 0.481 e. The fraction of sp³-hybridized carbons (Fsp3) is 0.385. The minimum Gasteiger partial charge on any atom is -0.481 e. The van der Waals surface area contributed by atoms with Crippen LogP contribution in [0, 0.1) is 0 Å². The number of carbonyl (C=O) groups is 2. The second-order valence-electron chi connectivity index (χ2n) is 4.23. The van der Waals surface area contributed by atoms with Gasteiger partial charge in [-0.25, -0.2) is 4.79 Å². The number of halogens is 3. The van der Waals surface area contributed by atoms with E-state index in [1.807, 2.05) is 0 Å². The van der Waals surface area contributed by atoms with E-state index in [4.69, 9.17) is 5.11 Å². The number of carbonyl (C=O) groups excluding carboxylic acids is 1. The van der Waals surface area contributed by atoms with Gasteiger partial charge in [0.15, 0.2) is 0 Å². The number of para-hydroxylation sites is 1. The second kappa shape index (κ2) is 7.51. The Morgan fingerprint density at radius 2 is 1.81 bits per heavy atom. The van der Waals surface area contributed by atoms with E-state index in [9.17, 15) is 22.8 Å². The summed E-state index contributed by atoms with van der Waals surface area (Å²) in [6.07, 6.45) is -5.80. The van der Waals surface area contributed by atoms with Gasteiger partial charge in [0.2, 0.25) is 0 Å². The maximum absolute atomic E-state index is 12.0. The number of aliphatic carboxylic acids is 1. The molecule has 0 aliphatic rings. The number of benzene rings is 1. The fourth-order valence-electron chi connectivity index (χ4n) is 1.57. The Bertz CT molecular complexity index is 477. The lowest BCUT2D eigenvalue weighted by Crippen LogP contribution is -2.42. The van der Waals surface area contributed by atoms with E-state index >= 15 is 0 Å². The molecule has 5 nitrogen and oxygen atoms in total. The molecule has 0 bridgehead atoms. The van der Waals surface area contributed by atoms with Crippen LogP contribution in [0.1, 0.15) is 12.8 Å². The predicted molar refractivity (Wildman–Crippen MR) is 70.1 cm³/mol. The number of carboxylic acid groups (broad SMARTS) is 1. The molecule has 116 valence electrons. The summed E-state index contributed by atoms with van der Waals surface area (Å²) in [5, 5.41) is 10.8. The van der Waals surface area contributed by atoms with Gasteiger partial charge in [-0.2, -0.15) is 13.2 Å². The summed E-state index contributed by atoms with van der Waals surface area (Å²) in [6, 6.07) is 7.39. The highest BCUT2D eigenvalue weighted by Crippen LogP contribution is 2.18. The van der Waals surface area contributed by atoms with E-state index in [1.165, 1.54) is 0 Å². The second-order valence-corrected chi connectivity index (χ2v) is 4.23. The third-order valence-electron chi connectivity index (χ3n) is 2.55. The molecule has 0 fully saturated rings. The van der Waals surface area contributed by atoms with Crippen LogP contribution in [0.2, 0.25) is 0 Å². The standard InChI is InChI=1S/C13H15F3N2O3/c14-13(15,16)7-8-17-12(21)18(9-6-11(19)20)10-4-2-1-3-5-10/h1-5H,6-9H2,(H,17,21)(H,19,20). The van der Waals surface area contributed by atoms with Crippen molar-refractivity contribution in [1.82, 2.24) is 5.32 Å². The lowest BCUT2D eigenvalue weighted by molar-refractivity contribution is -0.136. The zero-order valence-electron chi connectivity index (χ0n) is 11.1. The van der Waals surface area contributed by atoms with Crippen molar-refractivity contribution >= 4 is 17.7 Å². The molecule has 2 N–H and O–H groups in total. The molecular formula is C13H15F3N2O3. The molecule has 1 rings (SSSR count). The molecule has 0 spiro atoms. The molecule has 0 radical (unpaired) electrons. The molecule has 1 aromatic rings. The summed E-state index contributed by atoms with van der Waals surface area (Å²) in [6.45, 7) is -0.685. The molecule has 0 aromatic heterocycles. The van der Waals surface area contributed by atoms with Gasteiger partial charge in [-0.3, -0.25) is 9.69 Å². The van der Waals surface area contributed by atoms with Crippen LogP contribution in [0.4, 0.5) is 23.7 Å². The van der Waals surface area contributed by atoms with Crippen LogP contribution in [0.3, 0.4) is 0 Å². The molecule has 0 aliphatic carbocycles. The number of rotatable bonds is 6. The molecule has 0 atom stereocenters. The van der Waals surface area contributed by atoms with Crippen molar-refractivity contribution in [2.24, 2.45) is 0 Å². The van der Waals surface area contributed by atoms with Crippen LogP contribution in [-0.4, -0.2) is 36.4 Å². The zero-order chi connectivity index (χ0) is 15.9. The number of urea groups is 1. The number of hydrogen-bond acceptors (Lipinski definition) is 2. The van der Waals surface area contributed by atoms with Gasteiger partial charge in [-0.05, 0) is 12.1 Å². The first kappa shape index (κ1) is 16.8. The molecule has 8 heteroatoms. The first-order chi connectivity index (χ1) is 9.79. The normalized spacial score (nSPS) is 11.0. The van der Waals surface area contributed by atoms with Crippen molar-refractivity contribution in [2.75, 3.05) is 18.0 Å². The number of carboxylic acids is 1. The van der Waals surface area contributed by atoms with Crippen LogP contribution in [0.5, 0.6) is 0 Å². The van der Waals surface area contributed by atoms with E-state index in [2.05, 4.69) is 5.32 Å². The zero-order valence-corrected chi connectivity index (χ0v) is 11.1. The van der Waals surface area contributed by atoms with Crippen LogP contribution in [0.15, 0.2) is 30.3 Å². The van der Waals surface area contributed by atoms with Crippen LogP contribution in [-0.2, 0) is 4.79 Å². The van der Waals surface area contributed by atoms with Crippen molar-refractivity contribution < 1.29 is 27.9 Å². The monoisotopic (exact) mass is 304 g/mol. The average molecular weight is 304 g/mol. The summed E-state index contributed by atoms with van der Waals surface area (Å²) in [5.74, 6) is -1.10. The highest BCUT2D eigenvalue weighted by Gasteiger charge is 2.27. The quantitative estimate of drug-likeness (QED) is 0.849. The van der Waals surface area contributed by atoms with Crippen molar-refractivity contribution in [3.8, 4) is 0 Å². The minimum absolute atomic E-state index is 0.128. The molecule has 0 saturated heterocycles. The highest BCUT2D eigenvalue weighted by atomic mass is 19.4. The molecule has 1 aromatic carbocycles. The van der Waals surface area contributed by atoms with Gasteiger partial charge in [0.05, 0.1) is 12.8 Å². The topological polar surface area (TPSA) is 69.6 Å². The summed E-state index contributed by atoms with van der Waals surface area (Å²) >= 11 is 0. The van der Waals surface area contributed by atoms with Gasteiger partial charge >= 0.3 is 18.2 Å². The van der Waals surface area contributed by atoms with Crippen molar-refractivity contribution in [2.45, 2.75) is 19.0 Å². The Kier molecular flexibility index (Phi) is 6.01. The first-order valence-electron chi connectivity index (χ1n) is 6.18. The van der Waals surface area contributed by atoms with Crippen molar-refractivity contribution in [1.29, 1.82) is 0 Å². The SMILES string of the molecule is O=C(O)CCN(C(=O)NCCC(F)(F)F)c1ccccc1. The predicted octanol–water partition coefficient (Wildman–Crippen LogP) is 2.63. The lowest BCUT2D eigenvalue weighted by atomic mass is 10.2. The number of nitrogens with zero attached hydrogens (tertiary/aromatic N) is 1. The van der Waals surface area contributed by atoms with Crippen LogP contribution in [0.25, 0.3) is 0 Å². The molecule has 0 unspecified atom stereocenters. The summed E-state index contributed by atoms with van der Waals surface area (Å²) in [7, 11) is 0. The highest BCUT2D eigenvalue weighted by molar-refractivity contribution is 5.92. The van der Waals surface area contributed by atoms with Gasteiger partial charge in [0, 0.05) is 18.8 Å². The average Bonchev–Trinajstić information content (AvgIpc) is 2.38. The van der Waals surface area contributed by atoms with Gasteiger partial charge in [0.25, 0.3) is 0 Å². The molecular weight excluding hydrogens is 289 g/mol. The Hall–Kier alpha value is -2.25. The minimum atomic E-state index is -4.36. The van der Waals surface area contributed by atoms with Gasteiger partial charge in [-0.1, -0.05) is 18.2 Å². The van der Waals surface area contributed by atoms with E-state index in [0.717, 1.165) is 4.90 Å². The van der Waals surface area contributed by atoms with Crippen molar-refractivity contribution in [3.63, 3.8) is 0 Å². The fourth-order valence-corrected chi connectivity index (χ4v) is 1.57. The van der Waals surface area contributed by atoms with E-state index in [1.54, 1.807) is 30.3 Å². The Morgan fingerprint density at radius 1 is 1.19 bits per heavy atom. The third kappa shape index (κ3) is 6.64. The smallest absolute Gasteiger partial charge is 0.390 e.